The number of nitrogens with one attached hydrogen (secondary N) is 2. The summed E-state index contributed by atoms with van der Waals surface area (Å²) in [5, 5.41) is 28.2. The summed E-state index contributed by atoms with van der Waals surface area (Å²) in [7, 11) is 2.05. The Balaban J connectivity index is 1.00. The normalized spacial score (nSPS) is 32.6. The van der Waals surface area contributed by atoms with E-state index in [-0.39, 0.29) is 34.9 Å². The fourth-order valence-corrected chi connectivity index (χ4v) is 12.2. The standard InChI is InChI=1S/C47H85N3O4/c1-6-7-8-9-10-11-12-13-14-15-16-17-18-19-20-21-43(53)48-30-32-50(5)33-31-49-44(54)25-22-36(2)39-23-24-40-45-41(27-29-47(39,40)4)46(3)28-26-38(51)34-37(46)35-42(45)52/h13-14,36-42,45,51-52H,6-12,15-35H2,1-5H3,(H,48,53)(H,49,54). The van der Waals surface area contributed by atoms with Crippen molar-refractivity contribution in [2.24, 2.45) is 46.3 Å². The van der Waals surface area contributed by atoms with Gasteiger partial charge in [0.05, 0.1) is 12.2 Å². The van der Waals surface area contributed by atoms with Crippen LogP contribution < -0.4 is 10.6 Å². The molecule has 0 saturated heterocycles. The summed E-state index contributed by atoms with van der Waals surface area (Å²) >= 11 is 0. The third-order valence-corrected chi connectivity index (χ3v) is 15.5. The lowest BCUT2D eigenvalue weighted by Crippen LogP contribution is -2.58. The molecule has 4 aliphatic carbocycles. The van der Waals surface area contributed by atoms with Crippen LogP contribution in [0.15, 0.2) is 12.2 Å². The average molecular weight is 756 g/mol. The van der Waals surface area contributed by atoms with Crippen molar-refractivity contribution in [2.75, 3.05) is 33.2 Å². The summed E-state index contributed by atoms with van der Waals surface area (Å²) in [5.41, 5.74) is 0.509. The maximum atomic E-state index is 12.9. The van der Waals surface area contributed by atoms with Gasteiger partial charge in [-0.1, -0.05) is 91.2 Å². The number of aliphatic hydroxyl groups excluding tert-OH is 2. The Morgan fingerprint density at radius 1 is 0.741 bits per heavy atom. The Morgan fingerprint density at radius 2 is 1.31 bits per heavy atom. The van der Waals surface area contributed by atoms with Crippen LogP contribution in [0.5, 0.6) is 0 Å². The lowest BCUT2D eigenvalue weighted by molar-refractivity contribution is -0.174. The lowest BCUT2D eigenvalue weighted by Gasteiger charge is -2.62. The van der Waals surface area contributed by atoms with Gasteiger partial charge in [-0.05, 0) is 143 Å². The number of likely N-dealkylation sites (N-methyl/N-ethyl adjacent to an activating group) is 1. The fourth-order valence-electron chi connectivity index (χ4n) is 12.2. The van der Waals surface area contributed by atoms with Gasteiger partial charge in [-0.25, -0.2) is 0 Å². The molecule has 0 bridgehead atoms. The molecule has 0 spiro atoms. The van der Waals surface area contributed by atoms with Crippen LogP contribution in [0.25, 0.3) is 0 Å². The summed E-state index contributed by atoms with van der Waals surface area (Å²) in [5.74, 6) is 3.40. The van der Waals surface area contributed by atoms with Crippen molar-refractivity contribution in [1.82, 2.24) is 15.5 Å². The van der Waals surface area contributed by atoms with Crippen molar-refractivity contribution >= 4 is 11.8 Å². The van der Waals surface area contributed by atoms with Crippen molar-refractivity contribution in [3.63, 3.8) is 0 Å². The molecule has 4 rings (SSSR count). The third kappa shape index (κ3) is 13.0. The highest BCUT2D eigenvalue weighted by Crippen LogP contribution is 2.68. The molecule has 4 N–H and O–H groups in total. The SMILES string of the molecule is CCCCCCCCC=CCCCCCCCC(=O)NCCN(C)CCNC(=O)CCC(C)C1CCC2C3C(O)CC4CC(O)CCC4(C)C3CCC12C. The Morgan fingerprint density at radius 3 is 1.98 bits per heavy atom. The number of carbonyl (C=O) groups excluding carboxylic acids is 2. The van der Waals surface area contributed by atoms with Crippen molar-refractivity contribution in [1.29, 1.82) is 0 Å². The van der Waals surface area contributed by atoms with Crippen molar-refractivity contribution in [3.8, 4) is 0 Å². The molecule has 7 heteroatoms. The van der Waals surface area contributed by atoms with E-state index in [0.717, 1.165) is 58.0 Å². The zero-order chi connectivity index (χ0) is 39.0. The highest BCUT2D eigenvalue weighted by atomic mass is 16.3. The van der Waals surface area contributed by atoms with Gasteiger partial charge in [-0.2, -0.15) is 0 Å². The number of allylic oxidation sites excluding steroid dienone is 2. The molecule has 4 aliphatic rings. The lowest BCUT2D eigenvalue weighted by atomic mass is 9.43. The first-order valence-corrected chi connectivity index (χ1v) is 23.2. The summed E-state index contributed by atoms with van der Waals surface area (Å²) < 4.78 is 0. The first-order valence-electron chi connectivity index (χ1n) is 23.2. The molecule has 0 aromatic heterocycles. The predicted molar refractivity (Wildman–Crippen MR) is 224 cm³/mol. The Hall–Kier alpha value is -1.44. The van der Waals surface area contributed by atoms with E-state index in [9.17, 15) is 19.8 Å². The number of rotatable bonds is 25. The zero-order valence-electron chi connectivity index (χ0n) is 35.7. The van der Waals surface area contributed by atoms with E-state index in [1.54, 1.807) is 0 Å². The van der Waals surface area contributed by atoms with Crippen LogP contribution in [0.4, 0.5) is 0 Å². The van der Waals surface area contributed by atoms with E-state index in [4.69, 9.17) is 0 Å². The number of fused-ring (bicyclic) bond motifs is 5. The van der Waals surface area contributed by atoms with Gasteiger partial charge in [0.25, 0.3) is 0 Å². The Labute approximate surface area is 332 Å². The summed E-state index contributed by atoms with van der Waals surface area (Å²) in [6.07, 6.45) is 31.5. The van der Waals surface area contributed by atoms with E-state index in [0.29, 0.717) is 61.4 Å². The number of hydrogen-bond donors (Lipinski definition) is 4. The van der Waals surface area contributed by atoms with E-state index in [2.05, 4.69) is 62.4 Å². The van der Waals surface area contributed by atoms with Crippen molar-refractivity contribution < 1.29 is 19.8 Å². The molecular formula is C47H85N3O4. The van der Waals surface area contributed by atoms with Crippen LogP contribution >= 0.6 is 0 Å². The largest absolute Gasteiger partial charge is 0.393 e. The molecule has 4 saturated carbocycles. The first kappa shape index (κ1) is 45.3. The molecule has 54 heavy (non-hydrogen) atoms. The molecule has 0 aromatic rings. The fraction of sp³-hybridized carbons (Fsp3) is 0.915. The van der Waals surface area contributed by atoms with Gasteiger partial charge in [0, 0.05) is 39.0 Å². The molecule has 0 aliphatic heterocycles. The highest BCUT2D eigenvalue weighted by Gasteiger charge is 2.62. The van der Waals surface area contributed by atoms with Crippen molar-refractivity contribution in [3.05, 3.63) is 12.2 Å². The van der Waals surface area contributed by atoms with Gasteiger partial charge in [-0.15, -0.1) is 0 Å². The van der Waals surface area contributed by atoms with E-state index < -0.39 is 0 Å². The van der Waals surface area contributed by atoms with Gasteiger partial charge in [0.15, 0.2) is 0 Å². The van der Waals surface area contributed by atoms with Gasteiger partial charge >= 0.3 is 0 Å². The smallest absolute Gasteiger partial charge is 0.220 e. The number of amides is 2. The number of hydrogen-bond acceptors (Lipinski definition) is 5. The monoisotopic (exact) mass is 756 g/mol. The summed E-state index contributed by atoms with van der Waals surface area (Å²) in [6.45, 7) is 12.5. The maximum absolute atomic E-state index is 12.9. The number of aliphatic hydroxyl groups is 2. The first-order chi connectivity index (χ1) is 26.0. The topological polar surface area (TPSA) is 102 Å². The Bertz CT molecular complexity index is 1130. The van der Waals surface area contributed by atoms with Crippen molar-refractivity contribution in [2.45, 2.75) is 194 Å². The Kier molecular flexibility index (Phi) is 19.4. The second-order valence-corrected chi connectivity index (χ2v) is 19.3. The highest BCUT2D eigenvalue weighted by molar-refractivity contribution is 5.76. The molecule has 4 fully saturated rings. The van der Waals surface area contributed by atoms with Crippen LogP contribution in [0.1, 0.15) is 182 Å². The molecule has 10 unspecified atom stereocenters. The van der Waals surface area contributed by atoms with Crippen LogP contribution in [0, 0.1) is 46.3 Å². The maximum Gasteiger partial charge on any atom is 0.220 e. The second kappa shape index (κ2) is 23.1. The summed E-state index contributed by atoms with van der Waals surface area (Å²) in [4.78, 5) is 27.4. The molecule has 312 valence electrons. The molecule has 7 nitrogen and oxygen atoms in total. The zero-order valence-corrected chi connectivity index (χ0v) is 35.7. The van der Waals surface area contributed by atoms with Crippen LogP contribution in [-0.2, 0) is 9.59 Å². The minimum Gasteiger partial charge on any atom is -0.393 e. The summed E-state index contributed by atoms with van der Waals surface area (Å²) in [6, 6.07) is 0. The number of carbonyl (C=O) groups is 2. The number of nitrogens with zero attached hydrogens (tertiary/aromatic N) is 1. The van der Waals surface area contributed by atoms with E-state index in [1.165, 1.54) is 96.3 Å². The van der Waals surface area contributed by atoms with Gasteiger partial charge < -0.3 is 25.7 Å². The quantitative estimate of drug-likeness (QED) is 0.0550. The minimum atomic E-state index is -0.237. The van der Waals surface area contributed by atoms with E-state index in [1.807, 2.05) is 0 Å². The molecule has 0 heterocycles. The van der Waals surface area contributed by atoms with Crippen LogP contribution in [-0.4, -0.2) is 72.4 Å². The molecule has 0 aromatic carbocycles. The van der Waals surface area contributed by atoms with Gasteiger partial charge in [0.1, 0.15) is 0 Å². The predicted octanol–water partition coefficient (Wildman–Crippen LogP) is 9.60. The molecule has 10 atom stereocenters. The number of unbranched alkanes of at least 4 members (excludes halogenated alkanes) is 11. The van der Waals surface area contributed by atoms with Gasteiger partial charge in [0.2, 0.25) is 11.8 Å². The minimum absolute atomic E-state index is 0.146. The molecular weight excluding hydrogens is 671 g/mol. The average Bonchev–Trinajstić information content (AvgIpc) is 3.50. The van der Waals surface area contributed by atoms with Gasteiger partial charge in [-0.3, -0.25) is 9.59 Å². The third-order valence-electron chi connectivity index (χ3n) is 15.5. The second-order valence-electron chi connectivity index (χ2n) is 19.3. The molecule has 2 amide bonds. The van der Waals surface area contributed by atoms with Crippen LogP contribution in [0.3, 0.4) is 0 Å². The molecule has 0 radical (unpaired) electrons. The van der Waals surface area contributed by atoms with E-state index >= 15 is 0 Å². The van der Waals surface area contributed by atoms with Crippen LogP contribution in [0.2, 0.25) is 0 Å².